The molecule has 1 amide bonds. The first-order valence-corrected chi connectivity index (χ1v) is 8.21. The molecule has 0 fully saturated rings. The van der Waals surface area contributed by atoms with Gasteiger partial charge in [-0.05, 0) is 49.9 Å². The summed E-state index contributed by atoms with van der Waals surface area (Å²) in [6.45, 7) is 6.10. The van der Waals surface area contributed by atoms with E-state index in [1.54, 1.807) is 0 Å². The zero-order valence-corrected chi connectivity index (χ0v) is 14.6. The third-order valence-electron chi connectivity index (χ3n) is 3.27. The minimum Gasteiger partial charge on any atom is -0.483 e. The summed E-state index contributed by atoms with van der Waals surface area (Å²) < 4.78 is 6.63. The van der Waals surface area contributed by atoms with Gasteiger partial charge in [0.25, 0.3) is 5.91 Å². The number of rotatable bonds is 8. The number of amides is 1. The number of nitrogens with two attached hydrogens (primary N) is 1. The predicted octanol–water partition coefficient (Wildman–Crippen LogP) is 3.02. The summed E-state index contributed by atoms with van der Waals surface area (Å²) in [6, 6.07) is 6.01. The van der Waals surface area contributed by atoms with Crippen molar-refractivity contribution in [3.8, 4) is 5.75 Å². The topological polar surface area (TPSA) is 64.3 Å². The van der Waals surface area contributed by atoms with E-state index in [2.05, 4.69) is 35.1 Å². The Hall–Kier alpha value is -1.07. The number of benzene rings is 1. The zero-order valence-electron chi connectivity index (χ0n) is 13.0. The second kappa shape index (κ2) is 9.05. The predicted molar refractivity (Wildman–Crippen MR) is 89.5 cm³/mol. The lowest BCUT2D eigenvalue weighted by molar-refractivity contribution is -0.123. The Bertz CT molecular complexity index is 460. The van der Waals surface area contributed by atoms with Gasteiger partial charge in [-0.3, -0.25) is 4.79 Å². The highest BCUT2D eigenvalue weighted by Gasteiger charge is 2.11. The normalized spacial score (nSPS) is 12.3. The van der Waals surface area contributed by atoms with E-state index in [1.807, 2.05) is 25.1 Å². The number of nitrogens with one attached hydrogen (secondary N) is 1. The Kier molecular flexibility index (Phi) is 7.75. The van der Waals surface area contributed by atoms with Crippen LogP contribution in [0.1, 0.15) is 39.2 Å². The molecule has 1 unspecified atom stereocenters. The number of hydrogen-bond acceptors (Lipinski definition) is 3. The average Bonchev–Trinajstić information content (AvgIpc) is 2.43. The van der Waals surface area contributed by atoms with Gasteiger partial charge in [0, 0.05) is 16.6 Å². The summed E-state index contributed by atoms with van der Waals surface area (Å²) in [5, 5.41) is 2.96. The monoisotopic (exact) mass is 356 g/mol. The maximum Gasteiger partial charge on any atom is 0.258 e. The average molecular weight is 357 g/mol. The molecule has 3 N–H and O–H groups in total. The van der Waals surface area contributed by atoms with Gasteiger partial charge in [0.05, 0.1) is 0 Å². The van der Waals surface area contributed by atoms with Crippen molar-refractivity contribution in [1.29, 1.82) is 0 Å². The van der Waals surface area contributed by atoms with Crippen LogP contribution in [0.3, 0.4) is 0 Å². The van der Waals surface area contributed by atoms with Gasteiger partial charge in [-0.2, -0.15) is 0 Å². The lowest BCUT2D eigenvalue weighted by Crippen LogP contribution is -2.37. The second-order valence-electron chi connectivity index (χ2n) is 5.30. The molecular formula is C16H25BrN2O2. The first-order valence-electron chi connectivity index (χ1n) is 7.42. The zero-order chi connectivity index (χ0) is 15.8. The molecular weight excluding hydrogens is 332 g/mol. The van der Waals surface area contributed by atoms with Gasteiger partial charge in [0.2, 0.25) is 0 Å². The van der Waals surface area contributed by atoms with Crippen molar-refractivity contribution in [2.24, 2.45) is 5.73 Å². The van der Waals surface area contributed by atoms with Gasteiger partial charge in [-0.1, -0.05) is 29.8 Å². The number of carbonyl (C=O) groups is 1. The molecule has 0 spiro atoms. The third kappa shape index (κ3) is 6.48. The summed E-state index contributed by atoms with van der Waals surface area (Å²) in [7, 11) is 0. The van der Waals surface area contributed by atoms with Crippen LogP contribution in [-0.2, 0) is 11.2 Å². The van der Waals surface area contributed by atoms with E-state index < -0.39 is 0 Å². The Morgan fingerprint density at radius 3 is 2.62 bits per heavy atom. The van der Waals surface area contributed by atoms with E-state index in [1.165, 1.54) is 0 Å². The molecule has 1 rings (SSSR count). The molecule has 0 aliphatic rings. The third-order valence-corrected chi connectivity index (χ3v) is 3.77. The molecule has 1 atom stereocenters. The molecule has 0 saturated carbocycles. The smallest absolute Gasteiger partial charge is 0.258 e. The fourth-order valence-electron chi connectivity index (χ4n) is 2.10. The lowest BCUT2D eigenvalue weighted by atomic mass is 10.1. The van der Waals surface area contributed by atoms with Crippen LogP contribution >= 0.6 is 15.9 Å². The van der Waals surface area contributed by atoms with Crippen LogP contribution in [0.5, 0.6) is 5.75 Å². The van der Waals surface area contributed by atoms with Crippen molar-refractivity contribution in [1.82, 2.24) is 5.32 Å². The quantitative estimate of drug-likeness (QED) is 0.752. The van der Waals surface area contributed by atoms with Crippen LogP contribution in [0, 0.1) is 0 Å². The van der Waals surface area contributed by atoms with E-state index >= 15 is 0 Å². The molecule has 5 heteroatoms. The van der Waals surface area contributed by atoms with Crippen molar-refractivity contribution in [3.63, 3.8) is 0 Å². The van der Waals surface area contributed by atoms with E-state index in [0.717, 1.165) is 28.6 Å². The van der Waals surface area contributed by atoms with Crippen molar-refractivity contribution < 1.29 is 9.53 Å². The second-order valence-corrected chi connectivity index (χ2v) is 6.22. The summed E-state index contributed by atoms with van der Waals surface area (Å²) in [5.74, 6) is 0.633. The molecule has 0 radical (unpaired) electrons. The van der Waals surface area contributed by atoms with Crippen molar-refractivity contribution >= 4 is 21.8 Å². The minimum atomic E-state index is -0.0848. The Morgan fingerprint density at radius 1 is 1.38 bits per heavy atom. The first kappa shape index (κ1) is 18.0. The van der Waals surface area contributed by atoms with Crippen LogP contribution in [-0.4, -0.2) is 24.6 Å². The molecule has 0 bridgehead atoms. The largest absolute Gasteiger partial charge is 0.483 e. The number of ether oxygens (including phenoxy) is 1. The Labute approximate surface area is 135 Å². The van der Waals surface area contributed by atoms with Gasteiger partial charge >= 0.3 is 0 Å². The van der Waals surface area contributed by atoms with E-state index in [9.17, 15) is 4.79 Å². The molecule has 0 aliphatic carbocycles. The fraction of sp³-hybridized carbons (Fsp3) is 0.562. The van der Waals surface area contributed by atoms with Gasteiger partial charge in [-0.25, -0.2) is 0 Å². The highest BCUT2D eigenvalue weighted by atomic mass is 79.9. The van der Waals surface area contributed by atoms with E-state index in [-0.39, 0.29) is 24.6 Å². The summed E-state index contributed by atoms with van der Waals surface area (Å²) in [5.41, 5.74) is 6.86. The van der Waals surface area contributed by atoms with Crippen LogP contribution in [0.4, 0.5) is 0 Å². The molecule has 0 aliphatic heterocycles. The number of halogens is 1. The van der Waals surface area contributed by atoms with Crippen molar-refractivity contribution in [2.45, 2.75) is 52.1 Å². The Balaban J connectivity index is 2.64. The molecule has 0 aromatic heterocycles. The van der Waals surface area contributed by atoms with E-state index in [0.29, 0.717) is 6.42 Å². The molecule has 118 valence electrons. The van der Waals surface area contributed by atoms with Crippen LogP contribution in [0.2, 0.25) is 0 Å². The minimum absolute atomic E-state index is 0.0318. The fourth-order valence-corrected chi connectivity index (χ4v) is 2.51. The van der Waals surface area contributed by atoms with Crippen LogP contribution in [0.25, 0.3) is 0 Å². The highest BCUT2D eigenvalue weighted by Crippen LogP contribution is 2.24. The van der Waals surface area contributed by atoms with Gasteiger partial charge < -0.3 is 15.8 Å². The maximum absolute atomic E-state index is 11.9. The molecule has 0 heterocycles. The van der Waals surface area contributed by atoms with E-state index in [4.69, 9.17) is 10.5 Å². The van der Waals surface area contributed by atoms with Gasteiger partial charge in [-0.15, -0.1) is 0 Å². The molecule has 1 aromatic carbocycles. The van der Waals surface area contributed by atoms with Crippen molar-refractivity contribution in [2.75, 3.05) is 6.61 Å². The standard InChI is InChI=1S/C16H25BrN2O2/c1-4-14(5-2)19-16(20)10-21-15-7-6-13(17)9-12(15)8-11(3)18/h6-7,9,11,14H,4-5,8,10,18H2,1-3H3,(H,19,20). The van der Waals surface area contributed by atoms with Crippen LogP contribution in [0.15, 0.2) is 22.7 Å². The summed E-state index contributed by atoms with van der Waals surface area (Å²) in [6.07, 6.45) is 2.57. The van der Waals surface area contributed by atoms with Crippen molar-refractivity contribution in [3.05, 3.63) is 28.2 Å². The summed E-state index contributed by atoms with van der Waals surface area (Å²) >= 11 is 3.44. The first-order chi connectivity index (χ1) is 9.96. The number of hydrogen-bond donors (Lipinski definition) is 2. The van der Waals surface area contributed by atoms with Crippen LogP contribution < -0.4 is 15.8 Å². The van der Waals surface area contributed by atoms with Gasteiger partial charge in [0.1, 0.15) is 5.75 Å². The maximum atomic E-state index is 11.9. The lowest BCUT2D eigenvalue weighted by Gasteiger charge is -2.16. The molecule has 4 nitrogen and oxygen atoms in total. The number of carbonyl (C=O) groups excluding carboxylic acids is 1. The SMILES string of the molecule is CCC(CC)NC(=O)COc1ccc(Br)cc1CC(C)N. The molecule has 1 aromatic rings. The Morgan fingerprint density at radius 2 is 2.05 bits per heavy atom. The molecule has 0 saturated heterocycles. The van der Waals surface area contributed by atoms with Gasteiger partial charge in [0.15, 0.2) is 6.61 Å². The molecule has 21 heavy (non-hydrogen) atoms. The summed E-state index contributed by atoms with van der Waals surface area (Å²) in [4.78, 5) is 11.9. The highest BCUT2D eigenvalue weighted by molar-refractivity contribution is 9.10.